The molecular weight excluding hydrogens is 282 g/mol. The lowest BCUT2D eigenvalue weighted by Crippen LogP contribution is -2.60. The molecule has 2 aliphatic heterocycles. The Morgan fingerprint density at radius 2 is 2.35 bits per heavy atom. The van der Waals surface area contributed by atoms with Crippen molar-refractivity contribution in [2.45, 2.75) is 29.8 Å². The number of ether oxygens (including phenoxy) is 1. The number of rotatable bonds is 3. The molecule has 0 aromatic carbocycles. The van der Waals surface area contributed by atoms with E-state index in [0.717, 1.165) is 5.82 Å². The number of amidine groups is 1. The van der Waals surface area contributed by atoms with Gasteiger partial charge in [-0.15, -0.1) is 0 Å². The Bertz CT molecular complexity index is 482. The number of H-pyrrole nitrogens is 1. The third-order valence-corrected chi connectivity index (χ3v) is 4.58. The maximum atomic E-state index is 10.2. The zero-order chi connectivity index (χ0) is 14.1. The van der Waals surface area contributed by atoms with Crippen LogP contribution in [0.3, 0.4) is 0 Å². The van der Waals surface area contributed by atoms with Crippen molar-refractivity contribution >= 4 is 22.7 Å². The summed E-state index contributed by atoms with van der Waals surface area (Å²) in [5.74, 6) is 0.741. The zero-order valence-electron chi connectivity index (χ0n) is 10.9. The zero-order valence-corrected chi connectivity index (χ0v) is 11.7. The molecule has 0 radical (unpaired) electrons. The van der Waals surface area contributed by atoms with Crippen molar-refractivity contribution in [1.29, 1.82) is 0 Å². The molecule has 5 unspecified atom stereocenters. The molecule has 2 fully saturated rings. The van der Waals surface area contributed by atoms with Crippen molar-refractivity contribution in [2.75, 3.05) is 18.9 Å². The predicted octanol–water partition coefficient (Wildman–Crippen LogP) is -1.04. The summed E-state index contributed by atoms with van der Waals surface area (Å²) < 4.78 is 5.84. The predicted molar refractivity (Wildman–Crippen MR) is 75.6 cm³/mol. The average molecular weight is 299 g/mol. The summed E-state index contributed by atoms with van der Waals surface area (Å²) >= 11 is 1.43. The van der Waals surface area contributed by atoms with Gasteiger partial charge < -0.3 is 25.6 Å². The highest BCUT2D eigenvalue weighted by Crippen LogP contribution is 2.33. The highest BCUT2D eigenvalue weighted by atomic mass is 32.2. The second-order valence-electron chi connectivity index (χ2n) is 4.69. The fraction of sp³-hybridized carbons (Fsp3) is 0.636. The van der Waals surface area contributed by atoms with Gasteiger partial charge >= 0.3 is 0 Å². The highest BCUT2D eigenvalue weighted by molar-refractivity contribution is 8.14. The third kappa shape index (κ3) is 2.49. The number of aliphatic hydroxyl groups is 2. The molecule has 2 saturated heterocycles. The van der Waals surface area contributed by atoms with Gasteiger partial charge in [-0.25, -0.2) is 0 Å². The van der Waals surface area contributed by atoms with Crippen LogP contribution in [0.25, 0.3) is 0 Å². The maximum Gasteiger partial charge on any atom is 0.159 e. The second-order valence-corrected chi connectivity index (χ2v) is 5.78. The van der Waals surface area contributed by atoms with Gasteiger partial charge in [0.15, 0.2) is 5.17 Å². The molecule has 0 aliphatic carbocycles. The summed E-state index contributed by atoms with van der Waals surface area (Å²) in [5.41, 5.74) is -0.249. The number of thioether (sulfide) groups is 1. The van der Waals surface area contributed by atoms with Gasteiger partial charge in [0.05, 0.1) is 12.2 Å². The molecule has 0 spiro atoms. The quantitative estimate of drug-likeness (QED) is 0.484. The summed E-state index contributed by atoms with van der Waals surface area (Å²) in [6, 6.07) is 1.44. The summed E-state index contributed by atoms with van der Waals surface area (Å²) in [4.78, 5) is 4.05. The Morgan fingerprint density at radius 1 is 1.50 bits per heavy atom. The van der Waals surface area contributed by atoms with Crippen LogP contribution in [0.15, 0.2) is 17.3 Å². The number of anilines is 1. The van der Waals surface area contributed by atoms with Gasteiger partial charge in [-0.05, 0) is 6.07 Å². The molecule has 9 heteroatoms. The van der Waals surface area contributed by atoms with Crippen molar-refractivity contribution in [3.8, 4) is 0 Å². The largest absolute Gasteiger partial charge is 0.388 e. The van der Waals surface area contributed by atoms with Crippen molar-refractivity contribution in [3.63, 3.8) is 0 Å². The molecule has 2 aliphatic rings. The lowest BCUT2D eigenvalue weighted by molar-refractivity contribution is -0.150. The first-order valence-electron chi connectivity index (χ1n) is 6.34. The third-order valence-electron chi connectivity index (χ3n) is 3.42. The van der Waals surface area contributed by atoms with Crippen molar-refractivity contribution in [2.24, 2.45) is 4.99 Å². The van der Waals surface area contributed by atoms with Crippen LogP contribution in [-0.4, -0.2) is 69.0 Å². The van der Waals surface area contributed by atoms with Crippen molar-refractivity contribution in [1.82, 2.24) is 15.5 Å². The Morgan fingerprint density at radius 3 is 3.05 bits per heavy atom. The van der Waals surface area contributed by atoms with E-state index in [0.29, 0.717) is 11.7 Å². The molecule has 1 aromatic heterocycles. The van der Waals surface area contributed by atoms with E-state index >= 15 is 0 Å². The molecule has 5 atom stereocenters. The lowest BCUT2D eigenvalue weighted by Gasteiger charge is -2.38. The van der Waals surface area contributed by atoms with Crippen LogP contribution in [0.5, 0.6) is 0 Å². The van der Waals surface area contributed by atoms with Gasteiger partial charge in [-0.2, -0.15) is 5.10 Å². The molecule has 0 bridgehead atoms. The van der Waals surface area contributed by atoms with Gasteiger partial charge in [0.1, 0.15) is 29.6 Å². The van der Waals surface area contributed by atoms with E-state index in [4.69, 9.17) is 4.74 Å². The van der Waals surface area contributed by atoms with Gasteiger partial charge in [0.2, 0.25) is 0 Å². The van der Waals surface area contributed by atoms with E-state index < -0.39 is 18.3 Å². The molecule has 3 rings (SSSR count). The maximum absolute atomic E-state index is 10.2. The van der Waals surface area contributed by atoms with Crippen LogP contribution in [0, 0.1) is 0 Å². The monoisotopic (exact) mass is 299 g/mol. The summed E-state index contributed by atoms with van der Waals surface area (Å²) in [7, 11) is 1.67. The summed E-state index contributed by atoms with van der Waals surface area (Å²) in [6.07, 6.45) is -0.725. The Labute approximate surface area is 120 Å². The first-order valence-corrected chi connectivity index (χ1v) is 7.22. The van der Waals surface area contributed by atoms with Gasteiger partial charge in [-0.3, -0.25) is 10.1 Å². The van der Waals surface area contributed by atoms with Crippen LogP contribution in [0.2, 0.25) is 0 Å². The number of fused-ring (bicyclic) bond motifs is 1. The van der Waals surface area contributed by atoms with Crippen LogP contribution in [-0.2, 0) is 4.74 Å². The minimum absolute atomic E-state index is 0.249. The van der Waals surface area contributed by atoms with Crippen LogP contribution in [0.1, 0.15) is 0 Å². The van der Waals surface area contributed by atoms with E-state index in [2.05, 4.69) is 25.8 Å². The van der Waals surface area contributed by atoms with E-state index in [9.17, 15) is 10.2 Å². The Kier molecular flexibility index (Phi) is 3.83. The summed E-state index contributed by atoms with van der Waals surface area (Å²) in [5, 5.41) is 33.8. The van der Waals surface area contributed by atoms with Gasteiger partial charge in [-0.1, -0.05) is 11.8 Å². The number of hydrogen-bond acceptors (Lipinski definition) is 7. The molecule has 20 heavy (non-hydrogen) atoms. The number of aliphatic hydroxyl groups excluding tert-OH is 2. The fourth-order valence-electron chi connectivity index (χ4n) is 2.32. The van der Waals surface area contributed by atoms with Crippen LogP contribution < -0.4 is 10.6 Å². The number of nitrogens with zero attached hydrogens (tertiary/aromatic N) is 2. The first-order chi connectivity index (χ1) is 9.69. The van der Waals surface area contributed by atoms with E-state index in [1.54, 1.807) is 19.3 Å². The van der Waals surface area contributed by atoms with Crippen molar-refractivity contribution in [3.05, 3.63) is 12.3 Å². The fourth-order valence-corrected chi connectivity index (χ4v) is 3.43. The number of aromatic nitrogens is 2. The van der Waals surface area contributed by atoms with Gasteiger partial charge in [0, 0.05) is 13.6 Å². The topological polar surface area (TPSA) is 115 Å². The second kappa shape index (κ2) is 5.60. The van der Waals surface area contributed by atoms with Gasteiger partial charge in [0.25, 0.3) is 0 Å². The van der Waals surface area contributed by atoms with Crippen molar-refractivity contribution < 1.29 is 14.9 Å². The normalized spacial score (nSPS) is 38.5. The van der Waals surface area contributed by atoms with E-state index in [1.807, 2.05) is 0 Å². The molecular formula is C11H17N5O3S. The van der Waals surface area contributed by atoms with Crippen LogP contribution >= 0.6 is 11.8 Å². The SMILES string of the molecule is CN=C1NC2C(OC(CNc3ccn[nH]3)C(O)C2O)S1. The summed E-state index contributed by atoms with van der Waals surface area (Å²) in [6.45, 7) is 0.378. The molecule has 0 saturated carbocycles. The standard InChI is InChI=1S/C11H17N5O3S/c1-12-11-15-7-9(18)8(17)5(19-10(7)20-11)4-13-6-2-3-14-16-6/h2-3,5,7-10,17-18H,4H2,1H3,(H,12,15)(H2,13,14,16). The minimum Gasteiger partial charge on any atom is -0.388 e. The van der Waals surface area contributed by atoms with E-state index in [-0.39, 0.29) is 11.5 Å². The molecule has 110 valence electrons. The number of aromatic amines is 1. The Balaban J connectivity index is 1.64. The molecule has 0 amide bonds. The Hall–Kier alpha value is -1.29. The smallest absolute Gasteiger partial charge is 0.159 e. The first kappa shape index (κ1) is 13.7. The molecule has 1 aromatic rings. The lowest BCUT2D eigenvalue weighted by atomic mass is 9.98. The number of aliphatic imine (C=N–C) groups is 1. The molecule has 5 N–H and O–H groups in total. The number of nitrogens with one attached hydrogen (secondary N) is 3. The number of hydrogen-bond donors (Lipinski definition) is 5. The highest BCUT2D eigenvalue weighted by Gasteiger charge is 2.48. The average Bonchev–Trinajstić information content (AvgIpc) is 3.10. The minimum atomic E-state index is -0.962. The van der Waals surface area contributed by atoms with E-state index in [1.165, 1.54) is 11.8 Å². The molecule has 8 nitrogen and oxygen atoms in total. The van der Waals surface area contributed by atoms with Crippen LogP contribution in [0.4, 0.5) is 5.82 Å². The molecule has 3 heterocycles.